The van der Waals surface area contributed by atoms with Crippen LogP contribution in [0.5, 0.6) is 11.5 Å². The molecule has 0 atom stereocenters. The summed E-state index contributed by atoms with van der Waals surface area (Å²) in [6.45, 7) is 4.50. The molecule has 0 amide bonds. The van der Waals surface area contributed by atoms with E-state index in [1.807, 2.05) is 24.3 Å². The van der Waals surface area contributed by atoms with E-state index in [2.05, 4.69) is 86.6 Å². The first-order valence-corrected chi connectivity index (χ1v) is 21.9. The molecule has 0 aromatic heterocycles. The van der Waals surface area contributed by atoms with Crippen LogP contribution in [0.1, 0.15) is 142 Å². The summed E-state index contributed by atoms with van der Waals surface area (Å²) in [6.07, 6.45) is 22.5. The SMILES string of the molecule is CCCCCCCCCCCC(=O)Oc1c2ccccc2c(-c2c3ccccc3c(OC(=O)CCCCCCCCCCC)c3ccccc23)c2ccccc12. The predicted octanol–water partition coefficient (Wildman–Crippen LogP) is 15.6. The second-order valence-corrected chi connectivity index (χ2v) is 15.7. The first-order chi connectivity index (χ1) is 27.6. The van der Waals surface area contributed by atoms with Gasteiger partial charge in [-0.1, -0.05) is 214 Å². The summed E-state index contributed by atoms with van der Waals surface area (Å²) < 4.78 is 12.6. The summed E-state index contributed by atoms with van der Waals surface area (Å²) >= 11 is 0. The molecule has 0 heterocycles. The van der Waals surface area contributed by atoms with Gasteiger partial charge in [0.1, 0.15) is 11.5 Å². The maximum Gasteiger partial charge on any atom is 0.311 e. The van der Waals surface area contributed by atoms with Gasteiger partial charge in [-0.25, -0.2) is 0 Å². The second kappa shape index (κ2) is 21.6. The van der Waals surface area contributed by atoms with Crippen molar-refractivity contribution in [2.24, 2.45) is 0 Å². The molecule has 0 fully saturated rings. The fourth-order valence-corrected chi connectivity index (χ4v) is 8.43. The van der Waals surface area contributed by atoms with E-state index in [-0.39, 0.29) is 11.9 Å². The average molecular weight is 751 g/mol. The third-order valence-electron chi connectivity index (χ3n) is 11.4. The highest BCUT2D eigenvalue weighted by atomic mass is 16.5. The Morgan fingerprint density at radius 3 is 0.839 bits per heavy atom. The van der Waals surface area contributed by atoms with Gasteiger partial charge in [0.25, 0.3) is 0 Å². The molecule has 0 saturated carbocycles. The number of carbonyl (C=O) groups is 2. The lowest BCUT2D eigenvalue weighted by molar-refractivity contribution is -0.135. The van der Waals surface area contributed by atoms with E-state index >= 15 is 0 Å². The lowest BCUT2D eigenvalue weighted by atomic mass is 9.85. The molecule has 6 rings (SSSR count). The van der Waals surface area contributed by atoms with Gasteiger partial charge in [0.2, 0.25) is 0 Å². The minimum Gasteiger partial charge on any atom is -0.425 e. The summed E-state index contributed by atoms with van der Waals surface area (Å²) in [7, 11) is 0. The van der Waals surface area contributed by atoms with E-state index in [4.69, 9.17) is 9.47 Å². The summed E-state index contributed by atoms with van der Waals surface area (Å²) in [5.41, 5.74) is 2.16. The second-order valence-electron chi connectivity index (χ2n) is 15.7. The van der Waals surface area contributed by atoms with Crippen molar-refractivity contribution >= 4 is 55.0 Å². The molecule has 4 nitrogen and oxygen atoms in total. The summed E-state index contributed by atoms with van der Waals surface area (Å²) in [5.74, 6) is 0.883. The molecule has 0 aliphatic heterocycles. The third kappa shape index (κ3) is 10.4. The van der Waals surface area contributed by atoms with Gasteiger partial charge < -0.3 is 9.47 Å². The summed E-state index contributed by atoms with van der Waals surface area (Å²) in [5, 5.41) is 7.70. The molecule has 0 spiro atoms. The monoisotopic (exact) mass is 750 g/mol. The van der Waals surface area contributed by atoms with Crippen LogP contribution in [0.4, 0.5) is 0 Å². The molecule has 0 N–H and O–H groups in total. The number of unbranched alkanes of at least 4 members (excludes halogenated alkanes) is 16. The van der Waals surface area contributed by atoms with Gasteiger partial charge in [0.05, 0.1) is 0 Å². The zero-order chi connectivity index (χ0) is 39.0. The molecule has 0 radical (unpaired) electrons. The maximum atomic E-state index is 13.4. The fraction of sp³-hybridized carbons (Fsp3) is 0.423. The molecule has 6 aromatic rings. The van der Waals surface area contributed by atoms with E-state index in [1.54, 1.807) is 0 Å². The number of hydrogen-bond donors (Lipinski definition) is 0. The fourth-order valence-electron chi connectivity index (χ4n) is 8.43. The number of benzene rings is 6. The van der Waals surface area contributed by atoms with Gasteiger partial charge in [-0.2, -0.15) is 0 Å². The van der Waals surface area contributed by atoms with Crippen LogP contribution >= 0.6 is 0 Å². The number of fused-ring (bicyclic) bond motifs is 4. The van der Waals surface area contributed by atoms with Crippen LogP contribution < -0.4 is 9.47 Å². The van der Waals surface area contributed by atoms with E-state index < -0.39 is 0 Å². The van der Waals surface area contributed by atoms with Gasteiger partial charge in [-0.05, 0) is 45.5 Å². The van der Waals surface area contributed by atoms with E-state index in [1.165, 1.54) is 89.9 Å². The molecule has 0 saturated heterocycles. The van der Waals surface area contributed by atoms with Crippen molar-refractivity contribution in [1.29, 1.82) is 0 Å². The Kier molecular flexibility index (Phi) is 15.8. The predicted molar refractivity (Wildman–Crippen MR) is 237 cm³/mol. The Balaban J connectivity index is 1.28. The van der Waals surface area contributed by atoms with Gasteiger partial charge in [0.15, 0.2) is 0 Å². The highest BCUT2D eigenvalue weighted by Crippen LogP contribution is 2.50. The van der Waals surface area contributed by atoms with Crippen LogP contribution in [0.2, 0.25) is 0 Å². The number of ether oxygens (including phenoxy) is 2. The van der Waals surface area contributed by atoms with Crippen molar-refractivity contribution in [1.82, 2.24) is 0 Å². The van der Waals surface area contributed by atoms with Gasteiger partial charge in [0, 0.05) is 34.4 Å². The highest BCUT2D eigenvalue weighted by molar-refractivity contribution is 6.27. The summed E-state index contributed by atoms with van der Waals surface area (Å²) in [6, 6.07) is 33.1. The number of esters is 2. The first-order valence-electron chi connectivity index (χ1n) is 21.9. The van der Waals surface area contributed by atoms with Crippen molar-refractivity contribution in [3.8, 4) is 22.6 Å². The van der Waals surface area contributed by atoms with E-state index in [0.29, 0.717) is 24.3 Å². The molecule has 0 bridgehead atoms. The van der Waals surface area contributed by atoms with Crippen LogP contribution in [-0.4, -0.2) is 11.9 Å². The number of rotatable bonds is 23. The van der Waals surface area contributed by atoms with E-state index in [0.717, 1.165) is 79.9 Å². The van der Waals surface area contributed by atoms with Crippen molar-refractivity contribution in [2.75, 3.05) is 0 Å². The molecule has 294 valence electrons. The quantitative estimate of drug-likeness (QED) is 0.0283. The Bertz CT molecular complexity index is 1930. The maximum absolute atomic E-state index is 13.4. The van der Waals surface area contributed by atoms with Gasteiger partial charge in [-0.15, -0.1) is 0 Å². The Labute approximate surface area is 335 Å². The normalized spacial score (nSPS) is 11.5. The van der Waals surface area contributed by atoms with Gasteiger partial charge >= 0.3 is 11.9 Å². The van der Waals surface area contributed by atoms with Crippen molar-refractivity contribution in [3.63, 3.8) is 0 Å². The number of carbonyl (C=O) groups excluding carboxylic acids is 2. The Hall–Kier alpha value is -4.70. The van der Waals surface area contributed by atoms with Crippen LogP contribution in [0.3, 0.4) is 0 Å². The standard InChI is InChI=1S/C52H62O4/c1-3-5-7-9-11-13-15-17-19-37-47(53)55-51-43-33-25-21-29-39(43)49(40-30-22-26-34-44(40)51)50-41-31-23-27-35-45(41)52(46-36-28-24-32-42(46)50)56-48(54)38-20-18-16-14-12-10-8-6-4-2/h21-36H,3-20,37-38H2,1-2H3. The molecule has 0 unspecified atom stereocenters. The molecule has 56 heavy (non-hydrogen) atoms. The zero-order valence-corrected chi connectivity index (χ0v) is 34.0. The van der Waals surface area contributed by atoms with Crippen LogP contribution in [0.15, 0.2) is 97.1 Å². The first kappa shape index (κ1) is 40.9. The van der Waals surface area contributed by atoms with Crippen molar-refractivity contribution < 1.29 is 19.1 Å². The lowest BCUT2D eigenvalue weighted by Gasteiger charge is -2.21. The largest absolute Gasteiger partial charge is 0.425 e. The summed E-state index contributed by atoms with van der Waals surface area (Å²) in [4.78, 5) is 26.9. The lowest BCUT2D eigenvalue weighted by Crippen LogP contribution is -2.09. The smallest absolute Gasteiger partial charge is 0.311 e. The molecular formula is C52H62O4. The Morgan fingerprint density at radius 2 is 0.571 bits per heavy atom. The molecule has 6 aromatic carbocycles. The average Bonchev–Trinajstić information content (AvgIpc) is 3.23. The Morgan fingerprint density at radius 1 is 0.339 bits per heavy atom. The highest BCUT2D eigenvalue weighted by Gasteiger charge is 2.24. The molecule has 0 aliphatic carbocycles. The molecular weight excluding hydrogens is 689 g/mol. The minimum absolute atomic E-state index is 0.180. The van der Waals surface area contributed by atoms with Crippen LogP contribution in [0, 0.1) is 0 Å². The van der Waals surface area contributed by atoms with Crippen LogP contribution in [-0.2, 0) is 9.59 Å². The van der Waals surface area contributed by atoms with Crippen LogP contribution in [0.25, 0.3) is 54.2 Å². The number of hydrogen-bond acceptors (Lipinski definition) is 4. The van der Waals surface area contributed by atoms with Crippen molar-refractivity contribution in [2.45, 2.75) is 142 Å². The minimum atomic E-state index is -0.180. The zero-order valence-electron chi connectivity index (χ0n) is 34.0. The third-order valence-corrected chi connectivity index (χ3v) is 11.4. The van der Waals surface area contributed by atoms with Gasteiger partial charge in [-0.3, -0.25) is 9.59 Å². The molecule has 4 heteroatoms. The van der Waals surface area contributed by atoms with E-state index in [9.17, 15) is 9.59 Å². The van der Waals surface area contributed by atoms with Crippen molar-refractivity contribution in [3.05, 3.63) is 97.1 Å². The topological polar surface area (TPSA) is 52.6 Å². The molecule has 0 aliphatic rings.